The van der Waals surface area contributed by atoms with Crippen molar-refractivity contribution in [1.82, 2.24) is 15.2 Å². The lowest BCUT2D eigenvalue weighted by Gasteiger charge is -2.25. The summed E-state index contributed by atoms with van der Waals surface area (Å²) >= 11 is 1.83. The van der Waals surface area contributed by atoms with E-state index in [0.717, 1.165) is 24.3 Å². The highest BCUT2D eigenvalue weighted by Crippen LogP contribution is 2.25. The molecule has 1 atom stereocenters. The fourth-order valence-corrected chi connectivity index (χ4v) is 3.52. The summed E-state index contributed by atoms with van der Waals surface area (Å²) in [7, 11) is 4.40. The van der Waals surface area contributed by atoms with Crippen LogP contribution < -0.4 is 10.2 Å². The lowest BCUT2D eigenvalue weighted by Crippen LogP contribution is -2.36. The zero-order chi connectivity index (χ0) is 13.2. The molecule has 3 rings (SSSR count). The first kappa shape index (κ1) is 13.3. The molecule has 5 heteroatoms. The minimum atomic E-state index is 0.696. The van der Waals surface area contributed by atoms with Crippen LogP contribution in [0.4, 0.5) is 5.13 Å². The van der Waals surface area contributed by atoms with Crippen LogP contribution in [0, 0.1) is 0 Å². The molecule has 2 heterocycles. The van der Waals surface area contributed by atoms with Gasteiger partial charge in [-0.05, 0) is 39.3 Å². The maximum Gasteiger partial charge on any atom is 0.185 e. The van der Waals surface area contributed by atoms with Crippen LogP contribution in [0.3, 0.4) is 0 Å². The molecule has 0 aromatic carbocycles. The molecule has 4 nitrogen and oxygen atoms in total. The number of nitrogens with zero attached hydrogens (tertiary/aromatic N) is 3. The van der Waals surface area contributed by atoms with E-state index < -0.39 is 0 Å². The van der Waals surface area contributed by atoms with E-state index in [-0.39, 0.29) is 0 Å². The van der Waals surface area contributed by atoms with Gasteiger partial charge < -0.3 is 15.1 Å². The van der Waals surface area contributed by atoms with E-state index >= 15 is 0 Å². The number of aromatic nitrogens is 1. The second kappa shape index (κ2) is 5.77. The van der Waals surface area contributed by atoms with Gasteiger partial charge in [-0.1, -0.05) is 0 Å². The molecule has 1 aromatic rings. The van der Waals surface area contributed by atoms with Crippen LogP contribution in [-0.4, -0.2) is 49.2 Å². The highest BCUT2D eigenvalue weighted by molar-refractivity contribution is 7.15. The molecule has 1 unspecified atom stereocenters. The van der Waals surface area contributed by atoms with Gasteiger partial charge in [0.1, 0.15) is 0 Å². The Balaban J connectivity index is 1.52. The minimum Gasteiger partial charge on any atom is -0.350 e. The van der Waals surface area contributed by atoms with Crippen molar-refractivity contribution in [1.29, 1.82) is 0 Å². The van der Waals surface area contributed by atoms with Crippen molar-refractivity contribution in [3.05, 3.63) is 11.1 Å². The predicted molar refractivity (Wildman–Crippen MR) is 80.9 cm³/mol. The summed E-state index contributed by atoms with van der Waals surface area (Å²) in [6, 6.07) is 1.47. The molecule has 0 radical (unpaired) electrons. The summed E-state index contributed by atoms with van der Waals surface area (Å²) in [5.74, 6) is 0. The molecular formula is C14H24N4S. The molecule has 1 aliphatic heterocycles. The van der Waals surface area contributed by atoms with Crippen molar-refractivity contribution in [2.24, 2.45) is 0 Å². The number of hydrogen-bond acceptors (Lipinski definition) is 5. The smallest absolute Gasteiger partial charge is 0.185 e. The van der Waals surface area contributed by atoms with Crippen LogP contribution in [0.15, 0.2) is 6.20 Å². The van der Waals surface area contributed by atoms with Gasteiger partial charge in [-0.2, -0.15) is 0 Å². The normalized spacial score (nSPS) is 24.0. The topological polar surface area (TPSA) is 31.4 Å². The Hall–Kier alpha value is -0.650. The predicted octanol–water partition coefficient (Wildman–Crippen LogP) is 1.93. The summed E-state index contributed by atoms with van der Waals surface area (Å²) in [5, 5.41) is 4.71. The fraction of sp³-hybridized carbons (Fsp3) is 0.786. The van der Waals surface area contributed by atoms with Crippen LogP contribution in [-0.2, 0) is 6.54 Å². The third-order valence-electron chi connectivity index (χ3n) is 4.17. The number of thiazole rings is 1. The Labute approximate surface area is 119 Å². The van der Waals surface area contributed by atoms with Gasteiger partial charge in [0.2, 0.25) is 0 Å². The van der Waals surface area contributed by atoms with Crippen LogP contribution in [0.5, 0.6) is 0 Å². The molecule has 1 saturated heterocycles. The number of anilines is 1. The molecule has 19 heavy (non-hydrogen) atoms. The fourth-order valence-electron chi connectivity index (χ4n) is 2.69. The second-order valence-corrected chi connectivity index (χ2v) is 7.02. The van der Waals surface area contributed by atoms with Crippen molar-refractivity contribution < 1.29 is 0 Å². The van der Waals surface area contributed by atoms with E-state index in [1.807, 2.05) is 17.5 Å². The number of likely N-dealkylation sites (N-methyl/N-ethyl adjacent to an activating group) is 2. The highest BCUT2D eigenvalue weighted by atomic mass is 32.1. The lowest BCUT2D eigenvalue weighted by molar-refractivity contribution is 0.314. The van der Waals surface area contributed by atoms with Gasteiger partial charge in [0.05, 0.1) is 0 Å². The van der Waals surface area contributed by atoms with Crippen molar-refractivity contribution in [3.8, 4) is 0 Å². The molecule has 0 spiro atoms. The number of rotatable bonds is 6. The first-order valence-corrected chi connectivity index (χ1v) is 8.13. The van der Waals surface area contributed by atoms with Gasteiger partial charge in [0.25, 0.3) is 0 Å². The summed E-state index contributed by atoms with van der Waals surface area (Å²) in [5.41, 5.74) is 0. The summed E-state index contributed by atoms with van der Waals surface area (Å²) in [6.45, 7) is 3.33. The Kier molecular flexibility index (Phi) is 4.05. The summed E-state index contributed by atoms with van der Waals surface area (Å²) in [4.78, 5) is 10.7. The Morgan fingerprint density at radius 2 is 2.32 bits per heavy atom. The zero-order valence-electron chi connectivity index (χ0n) is 11.9. The van der Waals surface area contributed by atoms with Gasteiger partial charge in [0.15, 0.2) is 5.13 Å². The van der Waals surface area contributed by atoms with E-state index in [9.17, 15) is 0 Å². The quantitative estimate of drug-likeness (QED) is 0.863. The number of nitrogens with one attached hydrogen (secondary N) is 1. The molecular weight excluding hydrogens is 256 g/mol. The Bertz CT molecular complexity index is 415. The molecule has 1 N–H and O–H groups in total. The van der Waals surface area contributed by atoms with Gasteiger partial charge in [0, 0.05) is 43.3 Å². The first-order valence-electron chi connectivity index (χ1n) is 7.32. The average molecular weight is 280 g/mol. The van der Waals surface area contributed by atoms with E-state index in [1.54, 1.807) is 0 Å². The molecule has 2 fully saturated rings. The minimum absolute atomic E-state index is 0.696. The molecule has 106 valence electrons. The van der Waals surface area contributed by atoms with Crippen molar-refractivity contribution in [2.45, 2.75) is 44.3 Å². The van der Waals surface area contributed by atoms with Crippen molar-refractivity contribution in [3.63, 3.8) is 0 Å². The third-order valence-corrected chi connectivity index (χ3v) is 5.28. The van der Waals surface area contributed by atoms with E-state index in [1.165, 1.54) is 37.1 Å². The molecule has 1 aliphatic carbocycles. The second-order valence-electron chi connectivity index (χ2n) is 5.92. The highest BCUT2D eigenvalue weighted by Gasteiger charge is 2.23. The van der Waals surface area contributed by atoms with Crippen molar-refractivity contribution >= 4 is 16.5 Å². The van der Waals surface area contributed by atoms with Gasteiger partial charge >= 0.3 is 0 Å². The molecule has 1 saturated carbocycles. The van der Waals surface area contributed by atoms with Gasteiger partial charge in [-0.3, -0.25) is 0 Å². The molecule has 2 aliphatic rings. The van der Waals surface area contributed by atoms with Crippen molar-refractivity contribution in [2.75, 3.05) is 32.1 Å². The third kappa shape index (κ3) is 3.46. The van der Waals surface area contributed by atoms with E-state index in [4.69, 9.17) is 0 Å². The maximum atomic E-state index is 4.57. The van der Waals surface area contributed by atoms with Crippen LogP contribution in [0.25, 0.3) is 0 Å². The Morgan fingerprint density at radius 1 is 1.47 bits per heavy atom. The van der Waals surface area contributed by atoms with Crippen LogP contribution in [0.2, 0.25) is 0 Å². The Morgan fingerprint density at radius 3 is 3.00 bits per heavy atom. The lowest BCUT2D eigenvalue weighted by atomic mass is 10.2. The number of hydrogen-bond donors (Lipinski definition) is 1. The summed E-state index contributed by atoms with van der Waals surface area (Å²) < 4.78 is 0. The van der Waals surface area contributed by atoms with E-state index in [2.05, 4.69) is 34.2 Å². The van der Waals surface area contributed by atoms with E-state index in [0.29, 0.717) is 6.04 Å². The SMILES string of the molecule is CN(CC1CCCN1C)c1ncc(CNC2CC2)s1. The zero-order valence-corrected chi connectivity index (χ0v) is 12.7. The van der Waals surface area contributed by atoms with Crippen LogP contribution >= 0.6 is 11.3 Å². The monoisotopic (exact) mass is 280 g/mol. The van der Waals surface area contributed by atoms with Crippen LogP contribution in [0.1, 0.15) is 30.6 Å². The molecule has 1 aromatic heterocycles. The molecule has 0 amide bonds. The van der Waals surface area contributed by atoms with Gasteiger partial charge in [-0.15, -0.1) is 11.3 Å². The largest absolute Gasteiger partial charge is 0.350 e. The summed E-state index contributed by atoms with van der Waals surface area (Å²) in [6.07, 6.45) is 7.38. The standard InChI is InChI=1S/C14H24N4S/c1-17-7-3-4-12(17)10-18(2)14-16-9-13(19-14)8-15-11-5-6-11/h9,11-12,15H,3-8,10H2,1-2H3. The van der Waals surface area contributed by atoms with Gasteiger partial charge in [-0.25, -0.2) is 4.98 Å². The molecule has 0 bridgehead atoms. The maximum absolute atomic E-state index is 4.57. The average Bonchev–Trinajstić information content (AvgIpc) is 2.96. The first-order chi connectivity index (χ1) is 9.22. The number of likely N-dealkylation sites (tertiary alicyclic amines) is 1.